The van der Waals surface area contributed by atoms with E-state index in [4.69, 9.17) is 0 Å². The third kappa shape index (κ3) is 6.40. The number of nitrogens with one attached hydrogen (secondary N) is 1. The molecule has 4 nitrogen and oxygen atoms in total. The van der Waals surface area contributed by atoms with E-state index in [0.717, 1.165) is 50.4 Å². The summed E-state index contributed by atoms with van der Waals surface area (Å²) in [5, 5.41) is 3.33. The summed E-state index contributed by atoms with van der Waals surface area (Å²) < 4.78 is 13.5. The van der Waals surface area contributed by atoms with Crippen molar-refractivity contribution in [2.75, 3.05) is 45.2 Å². The second-order valence-electron chi connectivity index (χ2n) is 5.55. The molecule has 0 aliphatic heterocycles. The molecule has 0 atom stereocenters. The number of aromatic nitrogens is 1. The van der Waals surface area contributed by atoms with E-state index in [0.29, 0.717) is 6.54 Å². The van der Waals surface area contributed by atoms with Crippen LogP contribution < -0.4 is 10.2 Å². The maximum absolute atomic E-state index is 13.5. The summed E-state index contributed by atoms with van der Waals surface area (Å²) >= 11 is 0. The molecule has 120 valence electrons. The molecular weight excluding hydrogens is 267 g/mol. The van der Waals surface area contributed by atoms with Crippen molar-refractivity contribution in [3.05, 3.63) is 23.6 Å². The molecule has 0 aliphatic carbocycles. The van der Waals surface area contributed by atoms with Gasteiger partial charge in [0.05, 0.1) is 6.20 Å². The molecule has 0 aromatic carbocycles. The van der Waals surface area contributed by atoms with Crippen molar-refractivity contribution in [3.8, 4) is 0 Å². The standard InChI is InChI=1S/C16H29FN4/c1-5-8-18-12-14-11-15(17)13-19-16(14)21(6-2)10-7-9-20(3)4/h11,13,18H,5-10,12H2,1-4H3. The third-order valence-corrected chi connectivity index (χ3v) is 3.37. The molecule has 1 rings (SSSR count). The van der Waals surface area contributed by atoms with Crippen LogP contribution in [0.2, 0.25) is 0 Å². The van der Waals surface area contributed by atoms with Crippen molar-refractivity contribution in [2.45, 2.75) is 33.2 Å². The molecular formula is C16H29FN4. The predicted octanol–water partition coefficient (Wildman–Crippen LogP) is 2.50. The topological polar surface area (TPSA) is 31.4 Å². The van der Waals surface area contributed by atoms with Gasteiger partial charge in [-0.2, -0.15) is 0 Å². The Hall–Kier alpha value is -1.20. The maximum atomic E-state index is 13.5. The van der Waals surface area contributed by atoms with Gasteiger partial charge < -0.3 is 15.1 Å². The van der Waals surface area contributed by atoms with Crippen LogP contribution in [-0.4, -0.2) is 50.2 Å². The largest absolute Gasteiger partial charge is 0.357 e. The second-order valence-corrected chi connectivity index (χ2v) is 5.55. The van der Waals surface area contributed by atoms with Crippen molar-refractivity contribution in [1.82, 2.24) is 15.2 Å². The van der Waals surface area contributed by atoms with Crippen LogP contribution in [0, 0.1) is 5.82 Å². The molecule has 0 bridgehead atoms. The SMILES string of the molecule is CCCNCc1cc(F)cnc1N(CC)CCCN(C)C. The van der Waals surface area contributed by atoms with Gasteiger partial charge in [0.2, 0.25) is 0 Å². The van der Waals surface area contributed by atoms with Crippen LogP contribution in [-0.2, 0) is 6.54 Å². The van der Waals surface area contributed by atoms with Gasteiger partial charge in [-0.25, -0.2) is 9.37 Å². The predicted molar refractivity (Wildman–Crippen MR) is 87.3 cm³/mol. The molecule has 1 aromatic rings. The van der Waals surface area contributed by atoms with E-state index in [-0.39, 0.29) is 5.82 Å². The van der Waals surface area contributed by atoms with Crippen LogP contribution in [0.4, 0.5) is 10.2 Å². The lowest BCUT2D eigenvalue weighted by Crippen LogP contribution is -2.29. The Balaban J connectivity index is 2.76. The number of hydrogen-bond donors (Lipinski definition) is 1. The highest BCUT2D eigenvalue weighted by Crippen LogP contribution is 2.19. The molecule has 1 N–H and O–H groups in total. The molecule has 0 aliphatic rings. The summed E-state index contributed by atoms with van der Waals surface area (Å²) in [6, 6.07) is 1.60. The van der Waals surface area contributed by atoms with E-state index in [1.165, 1.54) is 6.20 Å². The normalized spacial score (nSPS) is 11.1. The van der Waals surface area contributed by atoms with Crippen LogP contribution in [0.25, 0.3) is 0 Å². The van der Waals surface area contributed by atoms with Crippen molar-refractivity contribution < 1.29 is 4.39 Å². The minimum Gasteiger partial charge on any atom is -0.357 e. The zero-order chi connectivity index (χ0) is 15.7. The van der Waals surface area contributed by atoms with Crippen LogP contribution >= 0.6 is 0 Å². The lowest BCUT2D eigenvalue weighted by atomic mass is 10.2. The molecule has 1 aromatic heterocycles. The summed E-state index contributed by atoms with van der Waals surface area (Å²) in [5.74, 6) is 0.637. The van der Waals surface area contributed by atoms with E-state index >= 15 is 0 Å². The molecule has 1 heterocycles. The summed E-state index contributed by atoms with van der Waals surface area (Å²) in [7, 11) is 4.15. The molecule has 0 amide bonds. The van der Waals surface area contributed by atoms with Crippen molar-refractivity contribution in [3.63, 3.8) is 0 Å². The van der Waals surface area contributed by atoms with E-state index < -0.39 is 0 Å². The Morgan fingerprint density at radius 1 is 1.24 bits per heavy atom. The van der Waals surface area contributed by atoms with E-state index in [1.807, 2.05) is 0 Å². The minimum atomic E-state index is -0.267. The first-order valence-electron chi connectivity index (χ1n) is 7.83. The van der Waals surface area contributed by atoms with E-state index in [2.05, 4.69) is 48.0 Å². The smallest absolute Gasteiger partial charge is 0.141 e. The number of halogens is 1. The fourth-order valence-corrected chi connectivity index (χ4v) is 2.28. The molecule has 5 heteroatoms. The Morgan fingerprint density at radius 2 is 2.00 bits per heavy atom. The number of pyridine rings is 1. The van der Waals surface area contributed by atoms with Crippen molar-refractivity contribution in [2.24, 2.45) is 0 Å². The molecule has 0 saturated heterocycles. The molecule has 0 saturated carbocycles. The molecule has 0 radical (unpaired) electrons. The third-order valence-electron chi connectivity index (χ3n) is 3.37. The monoisotopic (exact) mass is 296 g/mol. The van der Waals surface area contributed by atoms with Gasteiger partial charge in [0.1, 0.15) is 11.6 Å². The van der Waals surface area contributed by atoms with Gasteiger partial charge in [-0.05, 0) is 53.0 Å². The van der Waals surface area contributed by atoms with Gasteiger partial charge in [-0.1, -0.05) is 6.92 Å². The minimum absolute atomic E-state index is 0.267. The number of nitrogens with zero attached hydrogens (tertiary/aromatic N) is 3. The Morgan fingerprint density at radius 3 is 2.62 bits per heavy atom. The van der Waals surface area contributed by atoms with Crippen LogP contribution in [0.1, 0.15) is 32.3 Å². The lowest BCUT2D eigenvalue weighted by molar-refractivity contribution is 0.400. The first-order chi connectivity index (χ1) is 10.1. The zero-order valence-corrected chi connectivity index (χ0v) is 13.8. The van der Waals surface area contributed by atoms with Gasteiger partial charge in [-0.15, -0.1) is 0 Å². The maximum Gasteiger partial charge on any atom is 0.141 e. The Kier molecular flexibility index (Phi) is 8.23. The fraction of sp³-hybridized carbons (Fsp3) is 0.688. The molecule has 21 heavy (non-hydrogen) atoms. The van der Waals surface area contributed by atoms with Crippen LogP contribution in [0.3, 0.4) is 0 Å². The average Bonchev–Trinajstić information content (AvgIpc) is 2.44. The highest BCUT2D eigenvalue weighted by atomic mass is 19.1. The van der Waals surface area contributed by atoms with Crippen molar-refractivity contribution >= 4 is 5.82 Å². The Bertz CT molecular complexity index is 409. The van der Waals surface area contributed by atoms with Crippen LogP contribution in [0.15, 0.2) is 12.3 Å². The first-order valence-corrected chi connectivity index (χ1v) is 7.83. The van der Waals surface area contributed by atoms with Crippen molar-refractivity contribution in [1.29, 1.82) is 0 Å². The number of hydrogen-bond acceptors (Lipinski definition) is 4. The zero-order valence-electron chi connectivity index (χ0n) is 13.8. The number of rotatable bonds is 10. The van der Waals surface area contributed by atoms with Gasteiger partial charge in [0, 0.05) is 25.2 Å². The summed E-state index contributed by atoms with van der Waals surface area (Å²) in [6.45, 7) is 8.70. The van der Waals surface area contributed by atoms with E-state index in [1.54, 1.807) is 6.07 Å². The Labute approximate surface area is 128 Å². The molecule has 0 unspecified atom stereocenters. The molecule has 0 spiro atoms. The fourth-order valence-electron chi connectivity index (χ4n) is 2.28. The number of anilines is 1. The second kappa shape index (κ2) is 9.68. The van der Waals surface area contributed by atoms with Gasteiger partial charge in [0.25, 0.3) is 0 Å². The molecule has 0 fully saturated rings. The average molecular weight is 296 g/mol. The van der Waals surface area contributed by atoms with Gasteiger partial charge in [-0.3, -0.25) is 0 Å². The van der Waals surface area contributed by atoms with E-state index in [9.17, 15) is 4.39 Å². The first kappa shape index (κ1) is 17.9. The highest BCUT2D eigenvalue weighted by Gasteiger charge is 2.12. The van der Waals surface area contributed by atoms with Gasteiger partial charge >= 0.3 is 0 Å². The summed E-state index contributed by atoms with van der Waals surface area (Å²) in [6.07, 6.45) is 3.45. The van der Waals surface area contributed by atoms with Crippen LogP contribution in [0.5, 0.6) is 0 Å². The lowest BCUT2D eigenvalue weighted by Gasteiger charge is -2.25. The van der Waals surface area contributed by atoms with Gasteiger partial charge in [0.15, 0.2) is 0 Å². The quantitative estimate of drug-likeness (QED) is 0.672. The summed E-state index contributed by atoms with van der Waals surface area (Å²) in [4.78, 5) is 8.73. The highest BCUT2D eigenvalue weighted by molar-refractivity contribution is 5.46. The summed E-state index contributed by atoms with van der Waals surface area (Å²) in [5.41, 5.74) is 0.940.